The molecular formula is C48H81NO5. The predicted molar refractivity (Wildman–Crippen MR) is 231 cm³/mol. The predicted octanol–water partition coefficient (Wildman–Crippen LogP) is 12.4. The molecule has 6 heteroatoms. The summed E-state index contributed by atoms with van der Waals surface area (Å²) in [5.74, 6) is -0.567. The number of nitrogens with one attached hydrogen (secondary N) is 1. The third-order valence-corrected chi connectivity index (χ3v) is 9.38. The van der Waals surface area contributed by atoms with E-state index in [0.29, 0.717) is 19.3 Å². The van der Waals surface area contributed by atoms with Gasteiger partial charge in [-0.05, 0) is 64.2 Å². The van der Waals surface area contributed by atoms with Gasteiger partial charge in [0.1, 0.15) is 6.10 Å². The van der Waals surface area contributed by atoms with Gasteiger partial charge in [-0.2, -0.15) is 0 Å². The summed E-state index contributed by atoms with van der Waals surface area (Å²) in [6.45, 7) is 6.15. The van der Waals surface area contributed by atoms with E-state index in [1.807, 2.05) is 42.5 Å². The van der Waals surface area contributed by atoms with Gasteiger partial charge in [0.25, 0.3) is 0 Å². The molecule has 3 unspecified atom stereocenters. The Hall–Kier alpha value is -2.96. The quantitative estimate of drug-likeness (QED) is 0.0334. The molecule has 0 aromatic rings. The summed E-state index contributed by atoms with van der Waals surface area (Å²) in [6, 6.07) is -0.723. The number of allylic oxidation sites excluding steroid dienone is 14. The second kappa shape index (κ2) is 41.2. The number of ether oxygens (including phenoxy) is 1. The molecule has 0 aliphatic rings. The van der Waals surface area contributed by atoms with E-state index in [2.05, 4.69) is 68.6 Å². The lowest BCUT2D eigenvalue weighted by atomic mass is 10.0. The molecule has 0 aliphatic heterocycles. The molecule has 0 saturated heterocycles. The molecule has 3 N–H and O–H groups in total. The van der Waals surface area contributed by atoms with Crippen LogP contribution in [0.15, 0.2) is 85.1 Å². The van der Waals surface area contributed by atoms with Crippen LogP contribution in [0, 0.1) is 0 Å². The first-order valence-corrected chi connectivity index (χ1v) is 21.9. The Kier molecular flexibility index (Phi) is 38.9. The first-order chi connectivity index (χ1) is 26.5. The number of hydrogen-bond donors (Lipinski definition) is 3. The molecule has 3 atom stereocenters. The number of unbranched alkanes of at least 4 members (excludes halogenated alkanes) is 16. The van der Waals surface area contributed by atoms with Gasteiger partial charge in [0.15, 0.2) is 0 Å². The second-order valence-electron chi connectivity index (χ2n) is 14.5. The third kappa shape index (κ3) is 36.0. The minimum atomic E-state index is -0.806. The van der Waals surface area contributed by atoms with E-state index >= 15 is 0 Å². The fraction of sp³-hybridized carbons (Fsp3) is 0.667. The number of amides is 1. The second-order valence-corrected chi connectivity index (χ2v) is 14.5. The Morgan fingerprint density at radius 2 is 1.00 bits per heavy atom. The molecule has 308 valence electrons. The first kappa shape index (κ1) is 51.0. The molecule has 54 heavy (non-hydrogen) atoms. The van der Waals surface area contributed by atoms with E-state index in [-0.39, 0.29) is 24.9 Å². The van der Waals surface area contributed by atoms with Gasteiger partial charge < -0.3 is 20.3 Å². The summed E-state index contributed by atoms with van der Waals surface area (Å²) in [6.07, 6.45) is 52.1. The zero-order chi connectivity index (χ0) is 39.6. The maximum atomic E-state index is 13.1. The highest BCUT2D eigenvalue weighted by atomic mass is 16.5. The largest absolute Gasteiger partial charge is 0.462 e. The van der Waals surface area contributed by atoms with Gasteiger partial charge in [0, 0.05) is 6.42 Å². The molecule has 0 fully saturated rings. The van der Waals surface area contributed by atoms with Gasteiger partial charge >= 0.3 is 5.97 Å². The van der Waals surface area contributed by atoms with E-state index < -0.39 is 18.2 Å². The van der Waals surface area contributed by atoms with Crippen molar-refractivity contribution in [1.29, 1.82) is 0 Å². The number of hydrogen-bond acceptors (Lipinski definition) is 5. The van der Waals surface area contributed by atoms with E-state index in [1.165, 1.54) is 51.4 Å². The molecule has 0 bridgehead atoms. The van der Waals surface area contributed by atoms with E-state index in [1.54, 1.807) is 0 Å². The molecular weight excluding hydrogens is 671 g/mol. The average molecular weight is 752 g/mol. The number of aliphatic hydroxyl groups excluding tert-OH is 2. The number of aliphatic hydroxyl groups is 2. The molecule has 1 amide bonds. The van der Waals surface area contributed by atoms with Crippen molar-refractivity contribution in [3.63, 3.8) is 0 Å². The summed E-state index contributed by atoms with van der Waals surface area (Å²) in [4.78, 5) is 25.9. The Labute approximate surface area is 332 Å². The van der Waals surface area contributed by atoms with Gasteiger partial charge in [-0.1, -0.05) is 189 Å². The lowest BCUT2D eigenvalue weighted by Gasteiger charge is -2.24. The van der Waals surface area contributed by atoms with Crippen molar-refractivity contribution in [2.45, 2.75) is 200 Å². The normalized spacial score (nSPS) is 14.2. The topological polar surface area (TPSA) is 95.9 Å². The van der Waals surface area contributed by atoms with Crippen LogP contribution in [0.4, 0.5) is 0 Å². The zero-order valence-corrected chi connectivity index (χ0v) is 34.8. The lowest BCUT2D eigenvalue weighted by molar-refractivity contribution is -0.151. The van der Waals surface area contributed by atoms with Crippen LogP contribution in [-0.4, -0.2) is 46.9 Å². The summed E-state index contributed by atoms with van der Waals surface area (Å²) < 4.78 is 5.85. The van der Waals surface area contributed by atoms with E-state index in [0.717, 1.165) is 83.5 Å². The van der Waals surface area contributed by atoms with Crippen LogP contribution in [0.25, 0.3) is 0 Å². The highest BCUT2D eigenvalue weighted by Crippen LogP contribution is 2.16. The van der Waals surface area contributed by atoms with Crippen molar-refractivity contribution in [1.82, 2.24) is 5.32 Å². The smallest absolute Gasteiger partial charge is 0.306 e. The summed E-state index contributed by atoms with van der Waals surface area (Å²) in [5, 5.41) is 23.6. The molecule has 0 aromatic carbocycles. The molecule has 0 rings (SSSR count). The SMILES string of the molecule is CC/C=C/C=C/C=C\C=C/CCCCCC(=O)OC(CCCCC\C=C/C=C/C=C/CC)CC(=O)NC(CO)C(O)CCCCCCCCCCCCC. The van der Waals surface area contributed by atoms with Crippen LogP contribution in [0.1, 0.15) is 181 Å². The summed E-state index contributed by atoms with van der Waals surface area (Å²) in [5.41, 5.74) is 0. The summed E-state index contributed by atoms with van der Waals surface area (Å²) in [7, 11) is 0. The maximum absolute atomic E-state index is 13.1. The van der Waals surface area contributed by atoms with Crippen molar-refractivity contribution in [3.8, 4) is 0 Å². The van der Waals surface area contributed by atoms with Crippen molar-refractivity contribution < 1.29 is 24.5 Å². The molecule has 6 nitrogen and oxygen atoms in total. The average Bonchev–Trinajstić information content (AvgIpc) is 3.16. The Bertz CT molecular complexity index is 1070. The van der Waals surface area contributed by atoms with Crippen LogP contribution >= 0.6 is 0 Å². The number of carbonyl (C=O) groups excluding carboxylic acids is 2. The highest BCUT2D eigenvalue weighted by Gasteiger charge is 2.24. The maximum Gasteiger partial charge on any atom is 0.306 e. The lowest BCUT2D eigenvalue weighted by Crippen LogP contribution is -2.46. The van der Waals surface area contributed by atoms with E-state index in [9.17, 15) is 19.8 Å². The third-order valence-electron chi connectivity index (χ3n) is 9.38. The number of esters is 1. The van der Waals surface area contributed by atoms with Crippen molar-refractivity contribution in [3.05, 3.63) is 85.1 Å². The molecule has 0 aromatic heterocycles. The molecule has 0 radical (unpaired) electrons. The van der Waals surface area contributed by atoms with Gasteiger partial charge in [-0.15, -0.1) is 0 Å². The highest BCUT2D eigenvalue weighted by molar-refractivity contribution is 5.77. The molecule has 0 heterocycles. The van der Waals surface area contributed by atoms with Gasteiger partial charge in [-0.3, -0.25) is 9.59 Å². The number of carbonyl (C=O) groups is 2. The van der Waals surface area contributed by atoms with Gasteiger partial charge in [0.2, 0.25) is 5.91 Å². The Morgan fingerprint density at radius 1 is 0.556 bits per heavy atom. The molecule has 0 spiro atoms. The fourth-order valence-electron chi connectivity index (χ4n) is 6.09. The van der Waals surface area contributed by atoms with Crippen molar-refractivity contribution in [2.24, 2.45) is 0 Å². The Balaban J connectivity index is 4.73. The van der Waals surface area contributed by atoms with Crippen LogP contribution in [0.2, 0.25) is 0 Å². The zero-order valence-electron chi connectivity index (χ0n) is 34.8. The Morgan fingerprint density at radius 3 is 1.52 bits per heavy atom. The van der Waals surface area contributed by atoms with Gasteiger partial charge in [-0.25, -0.2) is 0 Å². The van der Waals surface area contributed by atoms with E-state index in [4.69, 9.17) is 4.74 Å². The van der Waals surface area contributed by atoms with Crippen LogP contribution in [0.3, 0.4) is 0 Å². The van der Waals surface area contributed by atoms with Crippen LogP contribution in [0.5, 0.6) is 0 Å². The number of rotatable bonds is 37. The van der Waals surface area contributed by atoms with Crippen molar-refractivity contribution >= 4 is 11.9 Å². The fourth-order valence-corrected chi connectivity index (χ4v) is 6.09. The van der Waals surface area contributed by atoms with Crippen molar-refractivity contribution in [2.75, 3.05) is 6.61 Å². The monoisotopic (exact) mass is 752 g/mol. The standard InChI is InChI=1S/C48H81NO5/c1-4-7-10-13-16-19-22-23-26-29-32-35-38-41-48(53)54-44(39-36-33-30-27-24-20-17-14-11-8-5-2)42-47(52)49-45(43-50)46(51)40-37-34-31-28-25-21-18-15-12-9-6-3/h7-8,10-11,13-14,16-17,19-20,22-24,26,44-46,50-51H,4-6,9,12,15,18,21,25,27-43H2,1-3H3,(H,49,52)/b10-7+,11-8+,16-13+,17-14+,22-19-,24-20-,26-23-. The summed E-state index contributed by atoms with van der Waals surface area (Å²) >= 11 is 0. The minimum Gasteiger partial charge on any atom is -0.462 e. The first-order valence-electron chi connectivity index (χ1n) is 21.9. The minimum absolute atomic E-state index is 0.0335. The van der Waals surface area contributed by atoms with Crippen LogP contribution < -0.4 is 5.32 Å². The van der Waals surface area contributed by atoms with Crippen LogP contribution in [-0.2, 0) is 14.3 Å². The molecule has 0 aliphatic carbocycles. The van der Waals surface area contributed by atoms with Gasteiger partial charge in [0.05, 0.1) is 25.2 Å². The molecule has 0 saturated carbocycles.